The summed E-state index contributed by atoms with van der Waals surface area (Å²) in [5.41, 5.74) is 7.79. The first-order valence-corrected chi connectivity index (χ1v) is 11.0. The molecule has 0 saturated carbocycles. The number of ether oxygens (including phenoxy) is 1. The second-order valence-corrected chi connectivity index (χ2v) is 8.26. The molecule has 0 bridgehead atoms. The maximum absolute atomic E-state index is 12.3. The first-order valence-electron chi connectivity index (χ1n) is 10.2. The number of nitrogens with zero attached hydrogens (tertiary/aromatic N) is 2. The second-order valence-electron chi connectivity index (χ2n) is 7.40. The number of halogens is 1. The highest BCUT2D eigenvalue weighted by atomic mass is 79.9. The van der Waals surface area contributed by atoms with E-state index in [1.165, 1.54) is 11.3 Å². The molecule has 1 aliphatic heterocycles. The number of benzene rings is 3. The van der Waals surface area contributed by atoms with Gasteiger partial charge in [0.2, 0.25) is 0 Å². The third-order valence-corrected chi connectivity index (χ3v) is 6.06. The number of fused-ring (bicyclic) bond motifs is 1. The Balaban J connectivity index is 1.50. The lowest BCUT2D eigenvalue weighted by atomic mass is 10.0. The zero-order valence-corrected chi connectivity index (χ0v) is 18.9. The quantitative estimate of drug-likeness (QED) is 0.393. The van der Waals surface area contributed by atoms with Gasteiger partial charge in [-0.25, -0.2) is 5.43 Å². The van der Waals surface area contributed by atoms with Crippen LogP contribution >= 0.6 is 15.9 Å². The number of amides is 1. The first-order chi connectivity index (χ1) is 15.2. The Hall–Kier alpha value is -3.12. The molecule has 4 rings (SSSR count). The van der Waals surface area contributed by atoms with Gasteiger partial charge in [0, 0.05) is 28.8 Å². The average molecular weight is 478 g/mol. The van der Waals surface area contributed by atoms with Gasteiger partial charge in [0.15, 0.2) is 0 Å². The molecule has 3 aromatic rings. The van der Waals surface area contributed by atoms with Gasteiger partial charge in [0.1, 0.15) is 5.75 Å². The second kappa shape index (κ2) is 9.79. The predicted molar refractivity (Wildman–Crippen MR) is 128 cm³/mol. The van der Waals surface area contributed by atoms with Gasteiger partial charge in [-0.05, 0) is 76.3 Å². The zero-order valence-electron chi connectivity index (χ0n) is 17.3. The number of aryl methyl sites for hydroxylation is 1. The van der Waals surface area contributed by atoms with Crippen LogP contribution in [0.15, 0.2) is 76.3 Å². The van der Waals surface area contributed by atoms with E-state index in [1.807, 2.05) is 30.3 Å². The summed E-state index contributed by atoms with van der Waals surface area (Å²) >= 11 is 3.39. The van der Waals surface area contributed by atoms with E-state index in [0.29, 0.717) is 5.56 Å². The van der Waals surface area contributed by atoms with Crippen molar-refractivity contribution in [1.82, 2.24) is 5.43 Å². The van der Waals surface area contributed by atoms with Crippen LogP contribution in [0.2, 0.25) is 0 Å². The van der Waals surface area contributed by atoms with E-state index >= 15 is 0 Å². The normalized spacial score (nSPS) is 13.2. The van der Waals surface area contributed by atoms with Gasteiger partial charge in [-0.15, -0.1) is 0 Å². The third-order valence-electron chi connectivity index (χ3n) is 5.37. The summed E-state index contributed by atoms with van der Waals surface area (Å²) in [5.74, 6) is 0.583. The summed E-state index contributed by atoms with van der Waals surface area (Å²) < 4.78 is 6.33. The van der Waals surface area contributed by atoms with Crippen LogP contribution in [0.25, 0.3) is 0 Å². The van der Waals surface area contributed by atoms with Crippen molar-refractivity contribution in [1.29, 1.82) is 0 Å². The molecule has 1 aliphatic rings. The van der Waals surface area contributed by atoms with Crippen molar-refractivity contribution in [3.63, 3.8) is 0 Å². The molecule has 0 unspecified atom stereocenters. The smallest absolute Gasteiger partial charge is 0.272 e. The fraction of sp³-hybridized carbons (Fsp3) is 0.200. The number of methoxy groups -OCH3 is 1. The van der Waals surface area contributed by atoms with E-state index in [4.69, 9.17) is 4.74 Å². The van der Waals surface area contributed by atoms with Crippen molar-refractivity contribution in [2.45, 2.75) is 19.4 Å². The Morgan fingerprint density at radius 2 is 1.97 bits per heavy atom. The molecule has 1 amide bonds. The molecule has 0 atom stereocenters. The van der Waals surface area contributed by atoms with Crippen molar-refractivity contribution in [2.24, 2.45) is 5.10 Å². The molecule has 0 fully saturated rings. The topological polar surface area (TPSA) is 53.9 Å². The van der Waals surface area contributed by atoms with Crippen molar-refractivity contribution in [3.8, 4) is 5.75 Å². The number of hydrogen-bond donors (Lipinski definition) is 1. The monoisotopic (exact) mass is 477 g/mol. The van der Waals surface area contributed by atoms with Gasteiger partial charge < -0.3 is 9.64 Å². The lowest BCUT2D eigenvalue weighted by molar-refractivity contribution is 0.0954. The third kappa shape index (κ3) is 4.97. The molecular weight excluding hydrogens is 454 g/mol. The highest BCUT2D eigenvalue weighted by Gasteiger charge is 2.18. The Morgan fingerprint density at radius 1 is 1.16 bits per heavy atom. The standard InChI is InChI=1S/C25H24BrN3O2/c1-31-24-13-12-18(16-27-28-25(30)21-9-3-4-10-22(21)26)15-20(24)17-29-14-6-8-19-7-2-5-11-23(19)29/h2-5,7,9-13,15-16H,6,8,14,17H2,1H3,(H,28,30)/b27-16+. The van der Waals surface area contributed by atoms with Crippen molar-refractivity contribution < 1.29 is 9.53 Å². The van der Waals surface area contributed by atoms with Crippen LogP contribution in [-0.2, 0) is 13.0 Å². The summed E-state index contributed by atoms with van der Waals surface area (Å²) in [4.78, 5) is 14.7. The van der Waals surface area contributed by atoms with Gasteiger partial charge >= 0.3 is 0 Å². The number of hydrazone groups is 1. The number of carbonyl (C=O) groups is 1. The van der Waals surface area contributed by atoms with Crippen LogP contribution in [0.5, 0.6) is 5.75 Å². The number of hydrogen-bond acceptors (Lipinski definition) is 4. The highest BCUT2D eigenvalue weighted by Crippen LogP contribution is 2.30. The van der Waals surface area contributed by atoms with E-state index in [9.17, 15) is 4.79 Å². The van der Waals surface area contributed by atoms with Crippen LogP contribution in [-0.4, -0.2) is 25.8 Å². The Kier molecular flexibility index (Phi) is 6.67. The van der Waals surface area contributed by atoms with Gasteiger partial charge in [-0.1, -0.05) is 30.3 Å². The number of nitrogens with one attached hydrogen (secondary N) is 1. The highest BCUT2D eigenvalue weighted by molar-refractivity contribution is 9.10. The summed E-state index contributed by atoms with van der Waals surface area (Å²) in [5, 5.41) is 4.14. The fourth-order valence-corrected chi connectivity index (χ4v) is 4.32. The number of rotatable bonds is 6. The van der Waals surface area contributed by atoms with Gasteiger partial charge in [-0.3, -0.25) is 4.79 Å². The Morgan fingerprint density at radius 3 is 2.81 bits per heavy atom. The van der Waals surface area contributed by atoms with Gasteiger partial charge in [0.05, 0.1) is 18.9 Å². The molecule has 6 heteroatoms. The fourth-order valence-electron chi connectivity index (χ4n) is 3.85. The van der Waals surface area contributed by atoms with Crippen LogP contribution in [0.3, 0.4) is 0 Å². The molecule has 0 spiro atoms. The lowest BCUT2D eigenvalue weighted by Crippen LogP contribution is -2.29. The Bertz CT molecular complexity index is 1110. The van der Waals surface area contributed by atoms with Crippen LogP contribution in [0.1, 0.15) is 33.5 Å². The summed E-state index contributed by atoms with van der Waals surface area (Å²) in [7, 11) is 1.69. The summed E-state index contributed by atoms with van der Waals surface area (Å²) in [6.07, 6.45) is 3.91. The van der Waals surface area contributed by atoms with Crippen molar-refractivity contribution in [3.05, 3.63) is 93.5 Å². The molecular formula is C25H24BrN3O2. The number of para-hydroxylation sites is 1. The van der Waals surface area contributed by atoms with E-state index in [-0.39, 0.29) is 5.91 Å². The SMILES string of the molecule is COc1ccc(/C=N/NC(=O)c2ccccc2Br)cc1CN1CCCc2ccccc21. The van der Waals surface area contributed by atoms with Gasteiger partial charge in [0.25, 0.3) is 5.91 Å². The molecule has 5 nitrogen and oxygen atoms in total. The largest absolute Gasteiger partial charge is 0.496 e. The molecule has 1 N–H and O–H groups in total. The van der Waals surface area contributed by atoms with Crippen molar-refractivity contribution in [2.75, 3.05) is 18.6 Å². The van der Waals surface area contributed by atoms with Gasteiger partial charge in [-0.2, -0.15) is 5.10 Å². The average Bonchev–Trinajstić information content (AvgIpc) is 2.80. The molecule has 0 saturated heterocycles. The minimum absolute atomic E-state index is 0.262. The van der Waals surface area contributed by atoms with Crippen LogP contribution in [0, 0.1) is 0 Å². The maximum Gasteiger partial charge on any atom is 0.272 e. The summed E-state index contributed by atoms with van der Waals surface area (Å²) in [6.45, 7) is 1.77. The maximum atomic E-state index is 12.3. The predicted octanol–water partition coefficient (Wildman–Crippen LogP) is 5.17. The van der Waals surface area contributed by atoms with E-state index in [2.05, 4.69) is 61.7 Å². The number of carbonyl (C=O) groups excluding carboxylic acids is 1. The molecule has 158 valence electrons. The van der Waals surface area contributed by atoms with Crippen LogP contribution in [0.4, 0.5) is 5.69 Å². The van der Waals surface area contributed by atoms with E-state index < -0.39 is 0 Å². The molecule has 31 heavy (non-hydrogen) atoms. The lowest BCUT2D eigenvalue weighted by Gasteiger charge is -2.31. The zero-order chi connectivity index (χ0) is 21.6. The molecule has 0 aliphatic carbocycles. The van der Waals surface area contributed by atoms with E-state index in [1.54, 1.807) is 19.4 Å². The summed E-state index contributed by atoms with van der Waals surface area (Å²) in [6, 6.07) is 21.8. The minimum Gasteiger partial charge on any atom is -0.496 e. The number of anilines is 1. The molecule has 0 radical (unpaired) electrons. The molecule has 3 aromatic carbocycles. The molecule has 0 aromatic heterocycles. The van der Waals surface area contributed by atoms with E-state index in [0.717, 1.165) is 47.3 Å². The van der Waals surface area contributed by atoms with Crippen LogP contribution < -0.4 is 15.1 Å². The van der Waals surface area contributed by atoms with Crippen molar-refractivity contribution >= 4 is 33.7 Å². The first kappa shape index (κ1) is 21.1. The molecule has 1 heterocycles. The Labute approximate surface area is 190 Å². The minimum atomic E-state index is -0.262.